The lowest BCUT2D eigenvalue weighted by Crippen LogP contribution is -2.42. The summed E-state index contributed by atoms with van der Waals surface area (Å²) in [6.07, 6.45) is 0.943. The van der Waals surface area contributed by atoms with Crippen LogP contribution in [0.15, 0.2) is 12.1 Å². The lowest BCUT2D eigenvalue weighted by atomic mass is 9.96. The van der Waals surface area contributed by atoms with E-state index >= 15 is 0 Å². The van der Waals surface area contributed by atoms with Crippen LogP contribution >= 0.6 is 0 Å². The summed E-state index contributed by atoms with van der Waals surface area (Å²) >= 11 is 0. The molecule has 2 atom stereocenters. The number of aryl methyl sites for hydroxylation is 3. The topological polar surface area (TPSA) is 38.3 Å². The molecule has 112 valence electrons. The van der Waals surface area contributed by atoms with Crippen molar-refractivity contribution in [1.29, 1.82) is 0 Å². The SMILES string of the molecule is CCC(C)C(NCc1c(C)cc(C)cc1C)C(=O)OC. The van der Waals surface area contributed by atoms with Gasteiger partial charge in [-0.15, -0.1) is 0 Å². The summed E-state index contributed by atoms with van der Waals surface area (Å²) in [6, 6.07) is 4.12. The second-order valence-corrected chi connectivity index (χ2v) is 5.64. The number of ether oxygens (including phenoxy) is 1. The summed E-state index contributed by atoms with van der Waals surface area (Å²) in [5.41, 5.74) is 5.08. The van der Waals surface area contributed by atoms with Crippen molar-refractivity contribution < 1.29 is 9.53 Å². The molecule has 0 aliphatic carbocycles. The smallest absolute Gasteiger partial charge is 0.323 e. The number of esters is 1. The molecule has 0 heterocycles. The highest BCUT2D eigenvalue weighted by Gasteiger charge is 2.24. The minimum Gasteiger partial charge on any atom is -0.468 e. The van der Waals surface area contributed by atoms with Crippen molar-refractivity contribution in [3.63, 3.8) is 0 Å². The summed E-state index contributed by atoms with van der Waals surface area (Å²) in [7, 11) is 1.45. The number of rotatable bonds is 6. The largest absolute Gasteiger partial charge is 0.468 e. The minimum absolute atomic E-state index is 0.179. The number of hydrogen-bond donors (Lipinski definition) is 1. The van der Waals surface area contributed by atoms with Gasteiger partial charge in [0, 0.05) is 6.54 Å². The third-order valence-corrected chi connectivity index (χ3v) is 4.01. The van der Waals surface area contributed by atoms with Crippen LogP contribution in [-0.2, 0) is 16.1 Å². The molecule has 0 aromatic heterocycles. The Bertz CT molecular complexity index is 445. The van der Waals surface area contributed by atoms with E-state index < -0.39 is 0 Å². The van der Waals surface area contributed by atoms with Gasteiger partial charge in [0.2, 0.25) is 0 Å². The van der Waals surface area contributed by atoms with E-state index in [-0.39, 0.29) is 17.9 Å². The van der Waals surface area contributed by atoms with Crippen LogP contribution in [0.3, 0.4) is 0 Å². The fourth-order valence-electron chi connectivity index (χ4n) is 2.58. The molecule has 0 aliphatic heterocycles. The van der Waals surface area contributed by atoms with E-state index in [1.54, 1.807) is 0 Å². The number of hydrogen-bond acceptors (Lipinski definition) is 3. The van der Waals surface area contributed by atoms with Crippen molar-refractivity contribution in [2.24, 2.45) is 5.92 Å². The second kappa shape index (κ2) is 7.44. The quantitative estimate of drug-likeness (QED) is 0.811. The van der Waals surface area contributed by atoms with E-state index in [0.29, 0.717) is 6.54 Å². The highest BCUT2D eigenvalue weighted by atomic mass is 16.5. The average molecular weight is 277 g/mol. The number of carbonyl (C=O) groups is 1. The molecule has 1 N–H and O–H groups in total. The highest BCUT2D eigenvalue weighted by molar-refractivity contribution is 5.76. The molecule has 1 aromatic carbocycles. The van der Waals surface area contributed by atoms with Crippen LogP contribution in [0.2, 0.25) is 0 Å². The van der Waals surface area contributed by atoms with E-state index in [1.807, 2.05) is 0 Å². The Hall–Kier alpha value is -1.35. The van der Waals surface area contributed by atoms with Gasteiger partial charge < -0.3 is 10.1 Å². The van der Waals surface area contributed by atoms with Gasteiger partial charge in [-0.1, -0.05) is 38.0 Å². The Morgan fingerprint density at radius 2 is 1.80 bits per heavy atom. The van der Waals surface area contributed by atoms with Gasteiger partial charge in [-0.2, -0.15) is 0 Å². The highest BCUT2D eigenvalue weighted by Crippen LogP contribution is 2.17. The number of benzene rings is 1. The summed E-state index contributed by atoms with van der Waals surface area (Å²) in [5.74, 6) is 0.0790. The van der Waals surface area contributed by atoms with E-state index in [9.17, 15) is 4.79 Å². The van der Waals surface area contributed by atoms with Crippen LogP contribution in [0.1, 0.15) is 42.5 Å². The molecule has 2 unspecified atom stereocenters. The molecule has 0 bridgehead atoms. The third-order valence-electron chi connectivity index (χ3n) is 4.01. The van der Waals surface area contributed by atoms with Gasteiger partial charge in [-0.05, 0) is 43.4 Å². The average Bonchev–Trinajstić information content (AvgIpc) is 2.40. The Balaban J connectivity index is 2.85. The molecule has 0 amide bonds. The zero-order valence-electron chi connectivity index (χ0n) is 13.5. The Morgan fingerprint density at radius 3 is 2.25 bits per heavy atom. The number of methoxy groups -OCH3 is 1. The van der Waals surface area contributed by atoms with Gasteiger partial charge in [-0.3, -0.25) is 4.79 Å². The van der Waals surface area contributed by atoms with Gasteiger partial charge >= 0.3 is 5.97 Å². The molecular weight excluding hydrogens is 250 g/mol. The van der Waals surface area contributed by atoms with Crippen LogP contribution in [0.4, 0.5) is 0 Å². The lowest BCUT2D eigenvalue weighted by Gasteiger charge is -2.23. The fraction of sp³-hybridized carbons (Fsp3) is 0.588. The Kier molecular flexibility index (Phi) is 6.21. The van der Waals surface area contributed by atoms with Crippen LogP contribution < -0.4 is 5.32 Å². The second-order valence-electron chi connectivity index (χ2n) is 5.64. The first-order chi connectivity index (χ1) is 9.40. The van der Waals surface area contributed by atoms with Gasteiger partial charge in [0.25, 0.3) is 0 Å². The van der Waals surface area contributed by atoms with Gasteiger partial charge in [0.15, 0.2) is 0 Å². The summed E-state index contributed by atoms with van der Waals surface area (Å²) < 4.78 is 4.90. The maximum atomic E-state index is 11.9. The van der Waals surface area contributed by atoms with Gasteiger partial charge in [0.1, 0.15) is 6.04 Å². The molecule has 3 nitrogen and oxygen atoms in total. The summed E-state index contributed by atoms with van der Waals surface area (Å²) in [5, 5.41) is 3.36. The first-order valence-electron chi connectivity index (χ1n) is 7.28. The molecule has 1 rings (SSSR count). The summed E-state index contributed by atoms with van der Waals surface area (Å²) in [4.78, 5) is 11.9. The van der Waals surface area contributed by atoms with Crippen LogP contribution in [-0.4, -0.2) is 19.1 Å². The van der Waals surface area contributed by atoms with E-state index in [4.69, 9.17) is 4.74 Å². The van der Waals surface area contributed by atoms with E-state index in [1.165, 1.54) is 29.4 Å². The standard InChI is InChI=1S/C17H27NO2/c1-7-12(3)16(17(19)20-6)18-10-15-13(4)8-11(2)9-14(15)5/h8-9,12,16,18H,7,10H2,1-6H3. The molecule has 0 fully saturated rings. The van der Waals surface area contributed by atoms with E-state index in [0.717, 1.165) is 6.42 Å². The first-order valence-corrected chi connectivity index (χ1v) is 7.28. The van der Waals surface area contributed by atoms with Gasteiger partial charge in [0.05, 0.1) is 7.11 Å². The van der Waals surface area contributed by atoms with Crippen LogP contribution in [0.5, 0.6) is 0 Å². The number of carbonyl (C=O) groups excluding carboxylic acids is 1. The predicted octanol–water partition coefficient (Wildman–Crippen LogP) is 3.29. The first kappa shape index (κ1) is 16.7. The molecule has 1 aromatic rings. The van der Waals surface area contributed by atoms with Crippen molar-refractivity contribution in [3.8, 4) is 0 Å². The Labute approximate surface area is 122 Å². The zero-order valence-corrected chi connectivity index (χ0v) is 13.5. The normalized spacial score (nSPS) is 13.9. The van der Waals surface area contributed by atoms with Crippen molar-refractivity contribution in [1.82, 2.24) is 5.32 Å². The van der Waals surface area contributed by atoms with Crippen LogP contribution in [0.25, 0.3) is 0 Å². The minimum atomic E-state index is -0.245. The number of nitrogens with one attached hydrogen (secondary N) is 1. The molecule has 3 heteroatoms. The van der Waals surface area contributed by atoms with Crippen molar-refractivity contribution in [2.45, 2.75) is 53.6 Å². The van der Waals surface area contributed by atoms with Crippen molar-refractivity contribution in [2.75, 3.05) is 7.11 Å². The molecule has 0 spiro atoms. The molecule has 0 saturated heterocycles. The molecule has 0 radical (unpaired) electrons. The summed E-state index contributed by atoms with van der Waals surface area (Å²) in [6.45, 7) is 11.2. The zero-order chi connectivity index (χ0) is 15.3. The van der Waals surface area contributed by atoms with Gasteiger partial charge in [-0.25, -0.2) is 0 Å². The molecular formula is C17H27NO2. The lowest BCUT2D eigenvalue weighted by molar-refractivity contribution is -0.144. The molecule has 0 aliphatic rings. The fourth-order valence-corrected chi connectivity index (χ4v) is 2.58. The molecule has 20 heavy (non-hydrogen) atoms. The van der Waals surface area contributed by atoms with E-state index in [2.05, 4.69) is 52.1 Å². The maximum Gasteiger partial charge on any atom is 0.323 e. The van der Waals surface area contributed by atoms with Crippen LogP contribution in [0, 0.1) is 26.7 Å². The maximum absolute atomic E-state index is 11.9. The molecule has 0 saturated carbocycles. The Morgan fingerprint density at radius 1 is 1.25 bits per heavy atom. The van der Waals surface area contributed by atoms with Crippen molar-refractivity contribution >= 4 is 5.97 Å². The third kappa shape index (κ3) is 4.07. The monoisotopic (exact) mass is 277 g/mol. The predicted molar refractivity (Wildman–Crippen MR) is 82.8 cm³/mol. The van der Waals surface area contributed by atoms with Crippen molar-refractivity contribution in [3.05, 3.63) is 34.4 Å².